The average Bonchev–Trinajstić information content (AvgIpc) is 2.99. The Bertz CT molecular complexity index is 447. The highest BCUT2D eigenvalue weighted by Gasteiger charge is 2.34. The second-order valence-corrected chi connectivity index (χ2v) is 6.54. The molecule has 2 bridgehead atoms. The van der Waals surface area contributed by atoms with E-state index in [-0.39, 0.29) is 0 Å². The minimum atomic E-state index is 0.728. The smallest absolute Gasteiger partial charge is 0.151 e. The van der Waals surface area contributed by atoms with Gasteiger partial charge in [0.15, 0.2) is 5.76 Å². The zero-order valence-corrected chi connectivity index (χ0v) is 13.3. The maximum absolute atomic E-state index is 5.50. The number of fused-ring (bicyclic) bond motifs is 2. The lowest BCUT2D eigenvalue weighted by molar-refractivity contribution is 0.198. The van der Waals surface area contributed by atoms with Crippen molar-refractivity contribution in [3.8, 4) is 0 Å². The average molecular weight is 292 g/mol. The lowest BCUT2D eigenvalue weighted by atomic mass is 10.1. The standard InChI is InChI=1S/C16H28N4O/c1-3-7-17-10-13-9-16(21-18-13)12-20-8-6-14-4-5-15(11-20)19(14)2/h9,14-15,17H,3-8,10-12H2,1-2H3. The van der Waals surface area contributed by atoms with Crippen molar-refractivity contribution in [2.45, 2.75) is 57.8 Å². The summed E-state index contributed by atoms with van der Waals surface area (Å²) in [6.07, 6.45) is 5.16. The van der Waals surface area contributed by atoms with E-state index in [9.17, 15) is 0 Å². The number of hydrogen-bond donors (Lipinski definition) is 1. The molecule has 1 aromatic heterocycles. The Morgan fingerprint density at radius 1 is 1.33 bits per heavy atom. The van der Waals surface area contributed by atoms with Crippen LogP contribution < -0.4 is 5.32 Å². The summed E-state index contributed by atoms with van der Waals surface area (Å²) in [7, 11) is 2.29. The van der Waals surface area contributed by atoms with Crippen LogP contribution in [0.3, 0.4) is 0 Å². The molecule has 2 saturated heterocycles. The molecule has 2 unspecified atom stereocenters. The predicted octanol–water partition coefficient (Wildman–Crippen LogP) is 1.84. The zero-order valence-electron chi connectivity index (χ0n) is 13.3. The summed E-state index contributed by atoms with van der Waals surface area (Å²) < 4.78 is 5.50. The first-order chi connectivity index (χ1) is 10.3. The largest absolute Gasteiger partial charge is 0.360 e. The van der Waals surface area contributed by atoms with Crippen LogP contribution in [0.4, 0.5) is 0 Å². The molecule has 1 aromatic rings. The number of likely N-dealkylation sites (tertiary alicyclic amines) is 1. The fourth-order valence-corrected chi connectivity index (χ4v) is 3.65. The molecule has 0 amide bonds. The molecule has 2 atom stereocenters. The molecule has 5 heteroatoms. The van der Waals surface area contributed by atoms with Crippen LogP contribution in [0.15, 0.2) is 10.6 Å². The van der Waals surface area contributed by atoms with Crippen molar-refractivity contribution in [2.24, 2.45) is 0 Å². The van der Waals surface area contributed by atoms with Crippen molar-refractivity contribution in [1.82, 2.24) is 20.3 Å². The van der Waals surface area contributed by atoms with Gasteiger partial charge in [-0.15, -0.1) is 0 Å². The topological polar surface area (TPSA) is 44.5 Å². The van der Waals surface area contributed by atoms with E-state index in [2.05, 4.69) is 40.3 Å². The highest BCUT2D eigenvalue weighted by molar-refractivity contribution is 5.05. The van der Waals surface area contributed by atoms with Gasteiger partial charge in [0, 0.05) is 37.8 Å². The number of hydrogen-bond acceptors (Lipinski definition) is 5. The Labute approximate surface area is 127 Å². The van der Waals surface area contributed by atoms with Gasteiger partial charge in [-0.1, -0.05) is 12.1 Å². The Balaban J connectivity index is 1.52. The minimum Gasteiger partial charge on any atom is -0.360 e. The van der Waals surface area contributed by atoms with Crippen molar-refractivity contribution in [3.63, 3.8) is 0 Å². The molecule has 3 heterocycles. The SMILES string of the molecule is CCCNCc1cc(CN2CCC3CCC(C2)N3C)on1. The first kappa shape index (κ1) is 15.0. The second-order valence-electron chi connectivity index (χ2n) is 6.54. The normalized spacial score (nSPS) is 27.1. The molecule has 0 radical (unpaired) electrons. The number of rotatable bonds is 6. The minimum absolute atomic E-state index is 0.728. The summed E-state index contributed by atoms with van der Waals surface area (Å²) >= 11 is 0. The van der Waals surface area contributed by atoms with Gasteiger partial charge in [0.05, 0.1) is 12.2 Å². The fourth-order valence-electron chi connectivity index (χ4n) is 3.65. The molecule has 0 aromatic carbocycles. The quantitative estimate of drug-likeness (QED) is 0.811. The molecular weight excluding hydrogens is 264 g/mol. The van der Waals surface area contributed by atoms with Crippen molar-refractivity contribution in [2.75, 3.05) is 26.7 Å². The third-order valence-corrected chi connectivity index (χ3v) is 4.95. The third-order valence-electron chi connectivity index (χ3n) is 4.95. The molecule has 2 fully saturated rings. The second kappa shape index (κ2) is 6.90. The summed E-state index contributed by atoms with van der Waals surface area (Å²) in [5.74, 6) is 1.00. The van der Waals surface area contributed by atoms with Gasteiger partial charge in [-0.05, 0) is 39.3 Å². The van der Waals surface area contributed by atoms with Gasteiger partial charge in [-0.2, -0.15) is 0 Å². The fraction of sp³-hybridized carbons (Fsp3) is 0.812. The molecule has 118 valence electrons. The van der Waals surface area contributed by atoms with Crippen LogP contribution in [0, 0.1) is 0 Å². The molecule has 5 nitrogen and oxygen atoms in total. The first-order valence-corrected chi connectivity index (χ1v) is 8.35. The molecule has 3 rings (SSSR count). The van der Waals surface area contributed by atoms with E-state index in [0.717, 1.165) is 56.1 Å². The summed E-state index contributed by atoms with van der Waals surface area (Å²) in [6.45, 7) is 7.25. The van der Waals surface area contributed by atoms with Crippen molar-refractivity contribution < 1.29 is 4.52 Å². The Morgan fingerprint density at radius 2 is 2.19 bits per heavy atom. The Morgan fingerprint density at radius 3 is 3.05 bits per heavy atom. The summed E-state index contributed by atoms with van der Waals surface area (Å²) in [6, 6.07) is 3.63. The van der Waals surface area contributed by atoms with E-state index in [1.165, 1.54) is 25.8 Å². The van der Waals surface area contributed by atoms with Crippen LogP contribution in [0.5, 0.6) is 0 Å². The third kappa shape index (κ3) is 3.65. The number of likely N-dealkylation sites (N-methyl/N-ethyl adjacent to an activating group) is 1. The maximum atomic E-state index is 5.50. The molecular formula is C16H28N4O. The van der Waals surface area contributed by atoms with E-state index in [1.54, 1.807) is 0 Å². The molecule has 2 aliphatic heterocycles. The zero-order chi connectivity index (χ0) is 14.7. The molecule has 0 spiro atoms. The van der Waals surface area contributed by atoms with Crippen LogP contribution in [0.25, 0.3) is 0 Å². The van der Waals surface area contributed by atoms with Gasteiger partial charge in [-0.25, -0.2) is 0 Å². The Hall–Kier alpha value is -0.910. The van der Waals surface area contributed by atoms with Crippen LogP contribution >= 0.6 is 0 Å². The molecule has 0 aliphatic carbocycles. The molecule has 0 saturated carbocycles. The van der Waals surface area contributed by atoms with Crippen LogP contribution in [-0.2, 0) is 13.1 Å². The Kier molecular flexibility index (Phi) is 4.93. The number of nitrogens with one attached hydrogen (secondary N) is 1. The molecule has 21 heavy (non-hydrogen) atoms. The summed E-state index contributed by atoms with van der Waals surface area (Å²) in [5.41, 5.74) is 1.02. The highest BCUT2D eigenvalue weighted by Crippen LogP contribution is 2.29. The lowest BCUT2D eigenvalue weighted by Crippen LogP contribution is -2.36. The van der Waals surface area contributed by atoms with Crippen LogP contribution in [-0.4, -0.2) is 53.7 Å². The van der Waals surface area contributed by atoms with Crippen LogP contribution in [0.1, 0.15) is 44.1 Å². The van der Waals surface area contributed by atoms with Crippen molar-refractivity contribution in [1.29, 1.82) is 0 Å². The summed E-state index contributed by atoms with van der Waals surface area (Å²) in [5, 5.41) is 7.53. The van der Waals surface area contributed by atoms with Gasteiger partial charge >= 0.3 is 0 Å². The van der Waals surface area contributed by atoms with E-state index in [1.807, 2.05) is 0 Å². The monoisotopic (exact) mass is 292 g/mol. The highest BCUT2D eigenvalue weighted by atomic mass is 16.5. The first-order valence-electron chi connectivity index (χ1n) is 8.35. The van der Waals surface area contributed by atoms with Gasteiger partial charge in [0.2, 0.25) is 0 Å². The van der Waals surface area contributed by atoms with E-state index >= 15 is 0 Å². The molecule has 2 aliphatic rings. The van der Waals surface area contributed by atoms with Gasteiger partial charge in [-0.3, -0.25) is 9.80 Å². The number of nitrogens with zero attached hydrogens (tertiary/aromatic N) is 3. The maximum Gasteiger partial charge on any atom is 0.151 e. The van der Waals surface area contributed by atoms with Crippen molar-refractivity contribution >= 4 is 0 Å². The van der Waals surface area contributed by atoms with E-state index < -0.39 is 0 Å². The van der Waals surface area contributed by atoms with Crippen LogP contribution in [0.2, 0.25) is 0 Å². The van der Waals surface area contributed by atoms with Crippen molar-refractivity contribution in [3.05, 3.63) is 17.5 Å². The summed E-state index contributed by atoms with van der Waals surface area (Å²) in [4.78, 5) is 5.12. The van der Waals surface area contributed by atoms with Gasteiger partial charge in [0.25, 0.3) is 0 Å². The number of aromatic nitrogens is 1. The van der Waals surface area contributed by atoms with Gasteiger partial charge < -0.3 is 9.84 Å². The van der Waals surface area contributed by atoms with Gasteiger partial charge in [0.1, 0.15) is 0 Å². The lowest BCUT2D eigenvalue weighted by Gasteiger charge is -2.24. The molecule has 1 N–H and O–H groups in total. The predicted molar refractivity (Wildman–Crippen MR) is 83.0 cm³/mol. The van der Waals surface area contributed by atoms with E-state index in [0.29, 0.717) is 0 Å². The van der Waals surface area contributed by atoms with E-state index in [4.69, 9.17) is 4.52 Å².